The van der Waals surface area contributed by atoms with Gasteiger partial charge in [0.05, 0.1) is 25.2 Å². The molecule has 0 amide bonds. The summed E-state index contributed by atoms with van der Waals surface area (Å²) < 4.78 is 11.4. The molecule has 4 aliphatic rings. The fraction of sp³-hybridized carbons (Fsp3) is 0.966. The van der Waals surface area contributed by atoms with Gasteiger partial charge >= 0.3 is 5.97 Å². The van der Waals surface area contributed by atoms with Crippen molar-refractivity contribution in [3.8, 4) is 0 Å². The minimum atomic E-state index is -0.342. The number of carbonyl (C=O) groups excluding carboxylic acids is 1. The fourth-order valence-corrected chi connectivity index (χ4v) is 9.18. The number of aliphatic hydroxyl groups is 1. The Kier molecular flexibility index (Phi) is 7.51. The molecule has 0 unspecified atom stereocenters. The molecule has 4 fully saturated rings. The van der Waals surface area contributed by atoms with Gasteiger partial charge in [0.1, 0.15) is 0 Å². The summed E-state index contributed by atoms with van der Waals surface area (Å²) in [7, 11) is 1.55. The first-order valence-electron chi connectivity index (χ1n) is 14.1. The standard InChI is InChI=1S/C29H51NO4/c1-8-34-24-17-28(5)18(15-23(24)31)9-10-19-20-11-12-21(26(32)33-7)29(20,6)16-22(25(19)28)30-14-13-27(2,3)4/h18-25,30-31H,8-17H2,1-7H3/t18-,19-,20-,21+,22+,23-,24-,25+,28-,29-/m0/s1. The lowest BCUT2D eigenvalue weighted by molar-refractivity contribution is -0.182. The number of fused-ring (bicyclic) bond motifs is 5. The van der Waals surface area contributed by atoms with Gasteiger partial charge < -0.3 is 19.9 Å². The zero-order valence-electron chi connectivity index (χ0n) is 22.9. The van der Waals surface area contributed by atoms with E-state index in [2.05, 4.69) is 39.9 Å². The number of methoxy groups -OCH3 is 1. The Balaban J connectivity index is 1.67. The van der Waals surface area contributed by atoms with Gasteiger partial charge in [-0.1, -0.05) is 34.6 Å². The van der Waals surface area contributed by atoms with E-state index in [0.29, 0.717) is 41.7 Å². The van der Waals surface area contributed by atoms with Gasteiger partial charge in [0.15, 0.2) is 0 Å². The Hall–Kier alpha value is -0.650. The van der Waals surface area contributed by atoms with Gasteiger partial charge in [0, 0.05) is 12.6 Å². The average Bonchev–Trinajstić information content (AvgIpc) is 3.10. The summed E-state index contributed by atoms with van der Waals surface area (Å²) in [6.45, 7) is 15.6. The highest BCUT2D eigenvalue weighted by Crippen LogP contribution is 2.67. The van der Waals surface area contributed by atoms with Gasteiger partial charge in [-0.25, -0.2) is 0 Å². The first-order chi connectivity index (χ1) is 15.9. The largest absolute Gasteiger partial charge is 0.469 e. The molecule has 0 aliphatic heterocycles. The number of ether oxygens (including phenoxy) is 2. The van der Waals surface area contributed by atoms with Gasteiger partial charge in [-0.3, -0.25) is 4.79 Å². The van der Waals surface area contributed by atoms with Crippen LogP contribution in [0.3, 0.4) is 0 Å². The molecule has 0 saturated heterocycles. The molecular weight excluding hydrogens is 426 g/mol. The van der Waals surface area contributed by atoms with E-state index >= 15 is 0 Å². The minimum absolute atomic E-state index is 0.00432. The van der Waals surface area contributed by atoms with Crippen molar-refractivity contribution in [1.82, 2.24) is 5.32 Å². The number of carbonyl (C=O) groups is 1. The molecule has 5 nitrogen and oxygen atoms in total. The third-order valence-corrected chi connectivity index (χ3v) is 10.8. The van der Waals surface area contributed by atoms with Crippen molar-refractivity contribution in [1.29, 1.82) is 0 Å². The number of nitrogens with one attached hydrogen (secondary N) is 1. The summed E-state index contributed by atoms with van der Waals surface area (Å²) in [4.78, 5) is 12.8. The molecule has 2 N–H and O–H groups in total. The minimum Gasteiger partial charge on any atom is -0.469 e. The molecule has 0 aromatic rings. The van der Waals surface area contributed by atoms with Crippen LogP contribution >= 0.6 is 0 Å². The van der Waals surface area contributed by atoms with Crippen LogP contribution in [0.25, 0.3) is 0 Å². The lowest BCUT2D eigenvalue weighted by Crippen LogP contribution is -2.64. The zero-order chi connectivity index (χ0) is 24.9. The van der Waals surface area contributed by atoms with Crippen LogP contribution in [0.2, 0.25) is 0 Å². The topological polar surface area (TPSA) is 67.8 Å². The quantitative estimate of drug-likeness (QED) is 0.515. The van der Waals surface area contributed by atoms with Crippen LogP contribution in [0.15, 0.2) is 0 Å². The predicted octanol–water partition coefficient (Wildman–Crippen LogP) is 5.20. The Labute approximate surface area is 208 Å². The molecular formula is C29H51NO4. The highest BCUT2D eigenvalue weighted by Gasteiger charge is 2.65. The summed E-state index contributed by atoms with van der Waals surface area (Å²) in [5.74, 6) is 2.33. The lowest BCUT2D eigenvalue weighted by Gasteiger charge is -2.64. The Morgan fingerprint density at radius 2 is 1.82 bits per heavy atom. The Morgan fingerprint density at radius 1 is 1.09 bits per heavy atom. The monoisotopic (exact) mass is 477 g/mol. The molecule has 10 atom stereocenters. The van der Waals surface area contributed by atoms with E-state index in [4.69, 9.17) is 9.47 Å². The number of aliphatic hydroxyl groups excluding tert-OH is 1. The smallest absolute Gasteiger partial charge is 0.309 e. The first kappa shape index (κ1) is 26.4. The number of hydrogen-bond donors (Lipinski definition) is 2. The highest BCUT2D eigenvalue weighted by molar-refractivity contribution is 5.74. The van der Waals surface area contributed by atoms with Crippen LogP contribution in [-0.4, -0.2) is 49.6 Å². The van der Waals surface area contributed by atoms with Crippen molar-refractivity contribution >= 4 is 5.97 Å². The van der Waals surface area contributed by atoms with Gasteiger partial charge in [-0.15, -0.1) is 0 Å². The Morgan fingerprint density at radius 3 is 2.47 bits per heavy atom. The summed E-state index contributed by atoms with van der Waals surface area (Å²) in [5, 5.41) is 14.9. The molecule has 196 valence electrons. The van der Waals surface area contributed by atoms with E-state index < -0.39 is 0 Å². The maximum absolute atomic E-state index is 12.8. The molecule has 0 aromatic carbocycles. The molecule has 0 radical (unpaired) electrons. The Bertz CT molecular complexity index is 734. The van der Waals surface area contributed by atoms with Gasteiger partial charge in [0.2, 0.25) is 0 Å². The van der Waals surface area contributed by atoms with Crippen molar-refractivity contribution in [2.24, 2.45) is 45.8 Å². The van der Waals surface area contributed by atoms with Crippen LogP contribution in [-0.2, 0) is 14.3 Å². The number of hydrogen-bond acceptors (Lipinski definition) is 5. The van der Waals surface area contributed by atoms with Gasteiger partial charge in [-0.2, -0.15) is 0 Å². The van der Waals surface area contributed by atoms with Crippen molar-refractivity contribution in [2.45, 2.75) is 111 Å². The van der Waals surface area contributed by atoms with Crippen LogP contribution in [0.4, 0.5) is 0 Å². The second kappa shape index (κ2) is 9.67. The van der Waals surface area contributed by atoms with Crippen LogP contribution in [0.5, 0.6) is 0 Å². The maximum Gasteiger partial charge on any atom is 0.309 e. The van der Waals surface area contributed by atoms with E-state index in [1.54, 1.807) is 7.11 Å². The second-order valence-electron chi connectivity index (χ2n) is 13.8. The molecule has 0 heterocycles. The van der Waals surface area contributed by atoms with Crippen molar-refractivity contribution in [3.05, 3.63) is 0 Å². The molecule has 0 bridgehead atoms. The van der Waals surface area contributed by atoms with Crippen molar-refractivity contribution in [2.75, 3.05) is 20.3 Å². The average molecular weight is 478 g/mol. The van der Waals surface area contributed by atoms with Crippen molar-refractivity contribution in [3.63, 3.8) is 0 Å². The fourth-order valence-electron chi connectivity index (χ4n) is 9.18. The molecule has 4 saturated carbocycles. The van der Waals surface area contributed by atoms with Gasteiger partial charge in [-0.05, 0) is 105 Å². The van der Waals surface area contributed by atoms with E-state index in [-0.39, 0.29) is 34.9 Å². The van der Waals surface area contributed by atoms with E-state index in [0.717, 1.165) is 45.1 Å². The van der Waals surface area contributed by atoms with Crippen LogP contribution in [0.1, 0.15) is 92.9 Å². The maximum atomic E-state index is 12.8. The summed E-state index contributed by atoms with van der Waals surface area (Å²) in [6, 6.07) is 0.393. The third-order valence-electron chi connectivity index (χ3n) is 10.8. The number of esters is 1. The van der Waals surface area contributed by atoms with E-state index in [1.807, 2.05) is 6.92 Å². The summed E-state index contributed by atoms with van der Waals surface area (Å²) in [6.07, 6.45) is 8.14. The summed E-state index contributed by atoms with van der Waals surface area (Å²) >= 11 is 0. The zero-order valence-corrected chi connectivity index (χ0v) is 22.9. The molecule has 5 heteroatoms. The van der Waals surface area contributed by atoms with Crippen molar-refractivity contribution < 1.29 is 19.4 Å². The molecule has 0 aromatic heterocycles. The molecule has 4 rings (SSSR count). The van der Waals surface area contributed by atoms with E-state index in [1.165, 1.54) is 12.8 Å². The lowest BCUT2D eigenvalue weighted by atomic mass is 9.43. The molecule has 4 aliphatic carbocycles. The molecule has 0 spiro atoms. The molecule has 34 heavy (non-hydrogen) atoms. The SMILES string of the molecule is CCO[C@H]1C[C@@]2(C)[C@@H](CC[C@@H]3[C@@H]2[C@H](NCCC(C)(C)C)C[C@]2(C)[C@@H](C(=O)OC)CC[C@@H]32)C[C@@H]1O. The van der Waals surface area contributed by atoms with Crippen LogP contribution in [0, 0.1) is 45.8 Å². The normalized spacial score (nSPS) is 46.4. The van der Waals surface area contributed by atoms with E-state index in [9.17, 15) is 9.90 Å². The third kappa shape index (κ3) is 4.59. The first-order valence-corrected chi connectivity index (χ1v) is 14.1. The van der Waals surface area contributed by atoms with Crippen LogP contribution < -0.4 is 5.32 Å². The number of rotatable bonds is 6. The summed E-state index contributed by atoms with van der Waals surface area (Å²) in [5.41, 5.74) is 0.458. The predicted molar refractivity (Wildman–Crippen MR) is 135 cm³/mol. The highest BCUT2D eigenvalue weighted by atomic mass is 16.5. The van der Waals surface area contributed by atoms with Gasteiger partial charge in [0.25, 0.3) is 0 Å². The second-order valence-corrected chi connectivity index (χ2v) is 13.8.